The van der Waals surface area contributed by atoms with Gasteiger partial charge in [0.2, 0.25) is 0 Å². The van der Waals surface area contributed by atoms with Crippen LogP contribution in [0.5, 0.6) is 11.5 Å². The SMILES string of the molecule is COCOc1ccc(C(=O)c2ccc(=O)n(-c3ccc(C)cc3)c2)c(O)c1N. The molecule has 0 aliphatic heterocycles. The lowest BCUT2D eigenvalue weighted by Crippen LogP contribution is -2.18. The molecule has 0 fully saturated rings. The number of carbonyl (C=O) groups excluding carboxylic acids is 1. The third kappa shape index (κ3) is 3.74. The summed E-state index contributed by atoms with van der Waals surface area (Å²) < 4.78 is 11.4. The summed E-state index contributed by atoms with van der Waals surface area (Å²) >= 11 is 0. The molecular formula is C21H20N2O5. The van der Waals surface area contributed by atoms with Crippen molar-refractivity contribution in [2.24, 2.45) is 0 Å². The molecule has 0 aliphatic rings. The van der Waals surface area contributed by atoms with Crippen LogP contribution in [-0.2, 0) is 4.74 Å². The number of aryl methyl sites for hydroxylation is 1. The van der Waals surface area contributed by atoms with E-state index in [-0.39, 0.29) is 40.7 Å². The van der Waals surface area contributed by atoms with Crippen LogP contribution in [0.4, 0.5) is 5.69 Å². The highest BCUT2D eigenvalue weighted by atomic mass is 16.7. The Balaban J connectivity index is 1.99. The molecule has 0 saturated heterocycles. The van der Waals surface area contributed by atoms with Crippen molar-refractivity contribution in [3.63, 3.8) is 0 Å². The van der Waals surface area contributed by atoms with Gasteiger partial charge in [0, 0.05) is 30.6 Å². The van der Waals surface area contributed by atoms with E-state index in [1.807, 2.05) is 19.1 Å². The topological polar surface area (TPSA) is 104 Å². The van der Waals surface area contributed by atoms with Crippen molar-refractivity contribution in [2.75, 3.05) is 19.6 Å². The number of nitrogen functional groups attached to an aromatic ring is 1. The average molecular weight is 380 g/mol. The fourth-order valence-corrected chi connectivity index (χ4v) is 2.71. The van der Waals surface area contributed by atoms with E-state index >= 15 is 0 Å². The van der Waals surface area contributed by atoms with Crippen molar-refractivity contribution >= 4 is 11.5 Å². The summed E-state index contributed by atoms with van der Waals surface area (Å²) in [7, 11) is 1.46. The molecule has 0 unspecified atom stereocenters. The second-order valence-corrected chi connectivity index (χ2v) is 6.22. The first-order valence-electron chi connectivity index (χ1n) is 8.50. The van der Waals surface area contributed by atoms with Gasteiger partial charge in [-0.05, 0) is 37.3 Å². The van der Waals surface area contributed by atoms with Gasteiger partial charge < -0.3 is 20.3 Å². The maximum atomic E-state index is 12.9. The zero-order chi connectivity index (χ0) is 20.3. The van der Waals surface area contributed by atoms with Crippen molar-refractivity contribution in [3.05, 3.63) is 81.8 Å². The lowest BCUT2D eigenvalue weighted by atomic mass is 10.0. The van der Waals surface area contributed by atoms with Gasteiger partial charge in [-0.3, -0.25) is 14.2 Å². The molecular weight excluding hydrogens is 360 g/mol. The summed E-state index contributed by atoms with van der Waals surface area (Å²) in [6.07, 6.45) is 1.44. The summed E-state index contributed by atoms with van der Waals surface area (Å²) in [5.74, 6) is -0.643. The monoisotopic (exact) mass is 380 g/mol. The zero-order valence-electron chi connectivity index (χ0n) is 15.5. The summed E-state index contributed by atoms with van der Waals surface area (Å²) in [5, 5.41) is 10.3. The Hall–Kier alpha value is -3.58. The van der Waals surface area contributed by atoms with Gasteiger partial charge in [-0.1, -0.05) is 17.7 Å². The molecule has 1 aromatic heterocycles. The number of methoxy groups -OCH3 is 1. The van der Waals surface area contributed by atoms with Crippen LogP contribution in [0.25, 0.3) is 5.69 Å². The Labute approximate surface area is 161 Å². The number of rotatable bonds is 6. The number of pyridine rings is 1. The Morgan fingerprint density at radius 3 is 2.50 bits per heavy atom. The minimum absolute atomic E-state index is 0.0105. The number of hydrogen-bond donors (Lipinski definition) is 2. The molecule has 0 saturated carbocycles. The highest BCUT2D eigenvalue weighted by Gasteiger charge is 2.19. The van der Waals surface area contributed by atoms with Crippen LogP contribution in [0.3, 0.4) is 0 Å². The van der Waals surface area contributed by atoms with Gasteiger partial charge in [-0.2, -0.15) is 0 Å². The van der Waals surface area contributed by atoms with E-state index in [4.69, 9.17) is 15.2 Å². The number of anilines is 1. The lowest BCUT2D eigenvalue weighted by Gasteiger charge is -2.13. The van der Waals surface area contributed by atoms with Gasteiger partial charge in [0.15, 0.2) is 18.3 Å². The number of aromatic nitrogens is 1. The molecule has 28 heavy (non-hydrogen) atoms. The van der Waals surface area contributed by atoms with Gasteiger partial charge >= 0.3 is 0 Å². The van der Waals surface area contributed by atoms with Crippen molar-refractivity contribution in [1.29, 1.82) is 0 Å². The summed E-state index contributed by atoms with van der Waals surface area (Å²) in [6.45, 7) is 1.90. The van der Waals surface area contributed by atoms with Crippen LogP contribution in [0.1, 0.15) is 21.5 Å². The molecule has 0 spiro atoms. The van der Waals surface area contributed by atoms with Gasteiger partial charge in [0.25, 0.3) is 5.56 Å². The normalized spacial score (nSPS) is 10.6. The first kappa shape index (κ1) is 19.2. The fourth-order valence-electron chi connectivity index (χ4n) is 2.71. The van der Waals surface area contributed by atoms with Crippen LogP contribution >= 0.6 is 0 Å². The van der Waals surface area contributed by atoms with Gasteiger partial charge in [-0.25, -0.2) is 0 Å². The largest absolute Gasteiger partial charge is 0.505 e. The number of hydrogen-bond acceptors (Lipinski definition) is 6. The molecule has 7 nitrogen and oxygen atoms in total. The molecule has 144 valence electrons. The molecule has 0 bridgehead atoms. The summed E-state index contributed by atoms with van der Waals surface area (Å²) in [5.41, 5.74) is 7.47. The molecule has 0 amide bonds. The number of nitrogens with zero attached hydrogens (tertiary/aromatic N) is 1. The molecule has 3 aromatic rings. The van der Waals surface area contributed by atoms with E-state index in [1.165, 1.54) is 42.1 Å². The zero-order valence-corrected chi connectivity index (χ0v) is 15.5. The van der Waals surface area contributed by atoms with Crippen molar-refractivity contribution in [1.82, 2.24) is 4.57 Å². The van der Waals surface area contributed by atoms with Crippen LogP contribution < -0.4 is 16.0 Å². The summed E-state index contributed by atoms with van der Waals surface area (Å²) in [6, 6.07) is 13.0. The van der Waals surface area contributed by atoms with E-state index < -0.39 is 5.78 Å². The molecule has 3 N–H and O–H groups in total. The number of benzene rings is 2. The van der Waals surface area contributed by atoms with Crippen molar-refractivity contribution in [2.45, 2.75) is 6.92 Å². The Morgan fingerprint density at radius 1 is 1.11 bits per heavy atom. The van der Waals surface area contributed by atoms with E-state index in [0.717, 1.165) is 5.56 Å². The molecule has 7 heteroatoms. The molecule has 0 radical (unpaired) electrons. The number of aromatic hydroxyl groups is 1. The molecule has 0 atom stereocenters. The van der Waals surface area contributed by atoms with Crippen LogP contribution in [0.15, 0.2) is 59.5 Å². The van der Waals surface area contributed by atoms with Gasteiger partial charge in [0.1, 0.15) is 11.4 Å². The van der Waals surface area contributed by atoms with Gasteiger partial charge in [0.05, 0.1) is 5.56 Å². The first-order chi connectivity index (χ1) is 13.4. The maximum absolute atomic E-state index is 12.9. The highest BCUT2D eigenvalue weighted by Crippen LogP contribution is 2.35. The first-order valence-corrected chi connectivity index (χ1v) is 8.50. The fraction of sp³-hybridized carbons (Fsp3) is 0.143. The molecule has 3 rings (SSSR count). The quantitative estimate of drug-likeness (QED) is 0.295. The predicted molar refractivity (Wildman–Crippen MR) is 105 cm³/mol. The van der Waals surface area contributed by atoms with Gasteiger partial charge in [-0.15, -0.1) is 0 Å². The van der Waals surface area contributed by atoms with E-state index in [9.17, 15) is 14.7 Å². The Kier molecular flexibility index (Phi) is 5.47. The Morgan fingerprint density at radius 2 is 1.82 bits per heavy atom. The second-order valence-electron chi connectivity index (χ2n) is 6.22. The number of carbonyl (C=O) groups is 1. The standard InChI is InChI=1S/C21H20N2O5/c1-13-3-6-15(7-4-13)23-11-14(5-10-18(23)24)20(25)16-8-9-17(28-12-27-2)19(22)21(16)26/h3-11,26H,12,22H2,1-2H3. The third-order valence-corrected chi connectivity index (χ3v) is 4.24. The van der Waals surface area contributed by atoms with E-state index in [0.29, 0.717) is 5.69 Å². The summed E-state index contributed by atoms with van der Waals surface area (Å²) in [4.78, 5) is 25.1. The maximum Gasteiger partial charge on any atom is 0.255 e. The highest BCUT2D eigenvalue weighted by molar-refractivity contribution is 6.11. The number of nitrogens with two attached hydrogens (primary N) is 1. The molecule has 0 aliphatic carbocycles. The smallest absolute Gasteiger partial charge is 0.255 e. The minimum atomic E-state index is -0.469. The number of phenolic OH excluding ortho intramolecular Hbond substituents is 1. The van der Waals surface area contributed by atoms with E-state index in [2.05, 4.69) is 0 Å². The number of ketones is 1. The third-order valence-electron chi connectivity index (χ3n) is 4.24. The molecule has 2 aromatic carbocycles. The molecule has 1 heterocycles. The van der Waals surface area contributed by atoms with Crippen molar-refractivity contribution < 1.29 is 19.4 Å². The number of ether oxygens (including phenoxy) is 2. The van der Waals surface area contributed by atoms with Crippen LogP contribution in [0, 0.1) is 6.92 Å². The minimum Gasteiger partial charge on any atom is -0.505 e. The van der Waals surface area contributed by atoms with Crippen molar-refractivity contribution in [3.8, 4) is 17.2 Å². The Bertz CT molecular complexity index is 1070. The van der Waals surface area contributed by atoms with Crippen LogP contribution in [-0.4, -0.2) is 29.4 Å². The lowest BCUT2D eigenvalue weighted by molar-refractivity contribution is 0.0515. The predicted octanol–water partition coefficient (Wildman–Crippen LogP) is 2.65. The number of phenols is 1. The van der Waals surface area contributed by atoms with Crippen LogP contribution in [0.2, 0.25) is 0 Å². The average Bonchev–Trinajstić information content (AvgIpc) is 2.70. The second kappa shape index (κ2) is 7.98. The van der Waals surface area contributed by atoms with E-state index in [1.54, 1.807) is 12.1 Å².